The third kappa shape index (κ3) is 4.70. The van der Waals surface area contributed by atoms with Crippen molar-refractivity contribution >= 4 is 23.6 Å². The summed E-state index contributed by atoms with van der Waals surface area (Å²) < 4.78 is 13.0. The van der Waals surface area contributed by atoms with Crippen LogP contribution < -0.4 is 5.32 Å². The number of aliphatic carboxylic acids is 1. The Hall–Kier alpha value is -1.82. The lowest BCUT2D eigenvalue weighted by atomic mass is 10.1. The van der Waals surface area contributed by atoms with E-state index in [1.54, 1.807) is 6.92 Å². The van der Waals surface area contributed by atoms with E-state index in [1.807, 2.05) is 0 Å². The van der Waals surface area contributed by atoms with E-state index in [2.05, 4.69) is 5.32 Å². The molecule has 0 fully saturated rings. The lowest BCUT2D eigenvalue weighted by molar-refractivity contribution is -0.137. The molecule has 0 aliphatic rings. The van der Waals surface area contributed by atoms with Crippen molar-refractivity contribution in [3.8, 4) is 0 Å². The number of halogens is 2. The van der Waals surface area contributed by atoms with E-state index < -0.39 is 17.8 Å². The van der Waals surface area contributed by atoms with Crippen LogP contribution in [0.5, 0.6) is 0 Å². The fourth-order valence-electron chi connectivity index (χ4n) is 1.53. The Balaban J connectivity index is 2.60. The van der Waals surface area contributed by atoms with Gasteiger partial charge in [-0.3, -0.25) is 4.79 Å². The molecule has 5 nitrogen and oxygen atoms in total. The summed E-state index contributed by atoms with van der Waals surface area (Å²) in [6.45, 7) is 1.84. The quantitative estimate of drug-likeness (QED) is 0.878. The van der Waals surface area contributed by atoms with Gasteiger partial charge < -0.3 is 15.3 Å². The van der Waals surface area contributed by atoms with Crippen molar-refractivity contribution in [2.24, 2.45) is 0 Å². The summed E-state index contributed by atoms with van der Waals surface area (Å²) in [6, 6.07) is 3.43. The zero-order valence-electron chi connectivity index (χ0n) is 11.2. The van der Waals surface area contributed by atoms with E-state index in [9.17, 15) is 14.0 Å². The van der Waals surface area contributed by atoms with E-state index in [0.717, 1.165) is 0 Å². The molecule has 110 valence electrons. The molecule has 0 saturated heterocycles. The van der Waals surface area contributed by atoms with Crippen LogP contribution in [0.25, 0.3) is 0 Å². The fourth-order valence-corrected chi connectivity index (χ4v) is 1.71. The minimum absolute atomic E-state index is 0.0113. The van der Waals surface area contributed by atoms with Gasteiger partial charge in [0.2, 0.25) is 0 Å². The second-order valence-electron chi connectivity index (χ2n) is 4.41. The number of carbonyl (C=O) groups is 2. The minimum atomic E-state index is -0.969. The molecule has 0 spiro atoms. The number of carboxylic acids is 1. The van der Waals surface area contributed by atoms with Crippen LogP contribution in [-0.4, -0.2) is 35.6 Å². The molecule has 0 radical (unpaired) electrons. The standard InChI is InChI=1S/C13H16ClFN2O3/c1-8(9-3-4-11(15)10(14)7-9)16-13(20)17(2)6-5-12(18)19/h3-4,7-8H,5-6H2,1-2H3,(H,16,20)(H,18,19). The number of carbonyl (C=O) groups excluding carboxylic acids is 1. The van der Waals surface area contributed by atoms with Gasteiger partial charge in [0.25, 0.3) is 0 Å². The smallest absolute Gasteiger partial charge is 0.317 e. The maximum atomic E-state index is 13.0. The highest BCUT2D eigenvalue weighted by Crippen LogP contribution is 2.20. The number of hydrogen-bond donors (Lipinski definition) is 2. The highest BCUT2D eigenvalue weighted by Gasteiger charge is 2.15. The number of nitrogens with zero attached hydrogens (tertiary/aromatic N) is 1. The van der Waals surface area contributed by atoms with Gasteiger partial charge in [0, 0.05) is 13.6 Å². The van der Waals surface area contributed by atoms with Crippen LogP contribution in [0, 0.1) is 5.82 Å². The predicted octanol–water partition coefficient (Wildman–Crippen LogP) is 2.66. The molecule has 0 aliphatic carbocycles. The van der Waals surface area contributed by atoms with E-state index in [1.165, 1.54) is 30.1 Å². The average molecular weight is 303 g/mol. The van der Waals surface area contributed by atoms with Gasteiger partial charge in [-0.1, -0.05) is 17.7 Å². The number of carboxylic acid groups (broad SMARTS) is 1. The van der Waals surface area contributed by atoms with Gasteiger partial charge in [0.1, 0.15) is 5.82 Å². The van der Waals surface area contributed by atoms with Crippen LogP contribution in [0.1, 0.15) is 24.9 Å². The van der Waals surface area contributed by atoms with E-state index >= 15 is 0 Å². The molecule has 1 unspecified atom stereocenters. The lowest BCUT2D eigenvalue weighted by Gasteiger charge is -2.21. The van der Waals surface area contributed by atoms with Crippen LogP contribution in [0.15, 0.2) is 18.2 Å². The molecule has 0 saturated carbocycles. The Bertz CT molecular complexity index is 510. The molecular weight excluding hydrogens is 287 g/mol. The SMILES string of the molecule is CC(NC(=O)N(C)CCC(=O)O)c1ccc(F)c(Cl)c1. The first-order chi connectivity index (χ1) is 9.31. The molecule has 1 rings (SSSR count). The molecule has 1 aromatic rings. The van der Waals surface area contributed by atoms with Crippen LogP contribution >= 0.6 is 11.6 Å². The van der Waals surface area contributed by atoms with E-state index in [0.29, 0.717) is 5.56 Å². The molecule has 20 heavy (non-hydrogen) atoms. The Morgan fingerprint density at radius 1 is 1.50 bits per heavy atom. The van der Waals surface area contributed by atoms with Crippen molar-refractivity contribution in [3.63, 3.8) is 0 Å². The summed E-state index contributed by atoms with van der Waals surface area (Å²) >= 11 is 5.68. The van der Waals surface area contributed by atoms with Crippen LogP contribution in [0.3, 0.4) is 0 Å². The van der Waals surface area contributed by atoms with Gasteiger partial charge in [0.05, 0.1) is 17.5 Å². The van der Waals surface area contributed by atoms with Gasteiger partial charge in [-0.2, -0.15) is 0 Å². The number of benzene rings is 1. The Kier molecular flexibility index (Phi) is 5.76. The van der Waals surface area contributed by atoms with Crippen LogP contribution in [0.2, 0.25) is 5.02 Å². The topological polar surface area (TPSA) is 69.6 Å². The monoisotopic (exact) mass is 302 g/mol. The zero-order valence-corrected chi connectivity index (χ0v) is 11.9. The number of amides is 2. The first-order valence-corrected chi connectivity index (χ1v) is 6.37. The molecule has 0 aliphatic heterocycles. The second kappa shape index (κ2) is 7.09. The largest absolute Gasteiger partial charge is 0.481 e. The highest BCUT2D eigenvalue weighted by molar-refractivity contribution is 6.30. The summed E-state index contributed by atoms with van der Waals surface area (Å²) in [7, 11) is 1.50. The van der Waals surface area contributed by atoms with Crippen LogP contribution in [0.4, 0.5) is 9.18 Å². The lowest BCUT2D eigenvalue weighted by Crippen LogP contribution is -2.39. The number of urea groups is 1. The first-order valence-electron chi connectivity index (χ1n) is 5.99. The molecule has 0 heterocycles. The number of nitrogens with one attached hydrogen (secondary N) is 1. The van der Waals surface area contributed by atoms with Crippen molar-refractivity contribution in [1.29, 1.82) is 0 Å². The predicted molar refractivity (Wildman–Crippen MR) is 73.2 cm³/mol. The average Bonchev–Trinajstić information content (AvgIpc) is 2.38. The van der Waals surface area contributed by atoms with Gasteiger partial charge in [-0.05, 0) is 24.6 Å². The summed E-state index contributed by atoms with van der Waals surface area (Å²) in [5.74, 6) is -1.49. The summed E-state index contributed by atoms with van der Waals surface area (Å²) in [5.41, 5.74) is 0.663. The van der Waals surface area contributed by atoms with E-state index in [4.69, 9.17) is 16.7 Å². The van der Waals surface area contributed by atoms with E-state index in [-0.39, 0.29) is 24.0 Å². The van der Waals surface area contributed by atoms with Crippen molar-refractivity contribution < 1.29 is 19.1 Å². The minimum Gasteiger partial charge on any atom is -0.481 e. The molecule has 0 aromatic heterocycles. The Morgan fingerprint density at radius 2 is 2.15 bits per heavy atom. The Morgan fingerprint density at radius 3 is 2.70 bits per heavy atom. The normalized spacial score (nSPS) is 11.8. The summed E-state index contributed by atoms with van der Waals surface area (Å²) in [4.78, 5) is 23.5. The van der Waals surface area contributed by atoms with Gasteiger partial charge >= 0.3 is 12.0 Å². The number of rotatable bonds is 5. The second-order valence-corrected chi connectivity index (χ2v) is 4.82. The third-order valence-corrected chi connectivity index (χ3v) is 3.08. The zero-order chi connectivity index (χ0) is 15.3. The summed E-state index contributed by atoms with van der Waals surface area (Å²) in [6.07, 6.45) is -0.124. The van der Waals surface area contributed by atoms with Crippen molar-refractivity contribution in [2.75, 3.05) is 13.6 Å². The summed E-state index contributed by atoms with van der Waals surface area (Å²) in [5, 5.41) is 11.2. The number of hydrogen-bond acceptors (Lipinski definition) is 2. The highest BCUT2D eigenvalue weighted by atomic mass is 35.5. The van der Waals surface area contributed by atoms with Gasteiger partial charge in [-0.25, -0.2) is 9.18 Å². The van der Waals surface area contributed by atoms with Crippen molar-refractivity contribution in [1.82, 2.24) is 10.2 Å². The van der Waals surface area contributed by atoms with Crippen molar-refractivity contribution in [3.05, 3.63) is 34.6 Å². The maximum absolute atomic E-state index is 13.0. The third-order valence-electron chi connectivity index (χ3n) is 2.79. The molecule has 2 amide bonds. The van der Waals surface area contributed by atoms with Gasteiger partial charge in [0.15, 0.2) is 0 Å². The van der Waals surface area contributed by atoms with Gasteiger partial charge in [-0.15, -0.1) is 0 Å². The van der Waals surface area contributed by atoms with Crippen molar-refractivity contribution in [2.45, 2.75) is 19.4 Å². The maximum Gasteiger partial charge on any atom is 0.317 e. The Labute approximate surface area is 121 Å². The first kappa shape index (κ1) is 16.2. The fraction of sp³-hybridized carbons (Fsp3) is 0.385. The molecular formula is C13H16ClFN2O3. The molecule has 1 atom stereocenters. The molecule has 2 N–H and O–H groups in total. The molecule has 1 aromatic carbocycles. The molecule has 7 heteroatoms. The van der Waals surface area contributed by atoms with Crippen LogP contribution in [-0.2, 0) is 4.79 Å². The molecule has 0 bridgehead atoms.